The summed E-state index contributed by atoms with van der Waals surface area (Å²) in [7, 11) is -7.55. The zero-order valence-electron chi connectivity index (χ0n) is 22.4. The van der Waals surface area contributed by atoms with E-state index >= 15 is 0 Å². The first-order valence-electron chi connectivity index (χ1n) is 12.3. The first kappa shape index (κ1) is 37.6. The van der Waals surface area contributed by atoms with Crippen LogP contribution in [0.3, 0.4) is 0 Å². The number of sulfonamides is 2. The topological polar surface area (TPSA) is 179 Å². The van der Waals surface area contributed by atoms with Crippen LogP contribution in [0.1, 0.15) is 65.7 Å². The lowest BCUT2D eigenvalue weighted by atomic mass is 9.98. The molecule has 4 saturated carbocycles. The summed E-state index contributed by atoms with van der Waals surface area (Å²) in [5, 5.41) is -1.21. The molecule has 0 bridgehead atoms. The molecule has 4 fully saturated rings. The quantitative estimate of drug-likeness (QED) is 0.230. The molecule has 0 radical (unpaired) electrons. The van der Waals surface area contributed by atoms with E-state index in [9.17, 15) is 48.8 Å². The highest BCUT2D eigenvalue weighted by atomic mass is 35.5. The number of carbonyl (C=O) groups excluding carboxylic acids is 3. The average molecular weight is 681 g/mol. The number of esters is 1. The van der Waals surface area contributed by atoms with Crippen LogP contribution in [0.2, 0.25) is 0 Å². The molecule has 11 nitrogen and oxygen atoms in total. The summed E-state index contributed by atoms with van der Waals surface area (Å²) in [5.74, 6) is -5.39. The first-order valence-corrected chi connectivity index (χ1v) is 15.4. The summed E-state index contributed by atoms with van der Waals surface area (Å²) in [6.45, 7) is 4.85. The highest BCUT2D eigenvalue weighted by Gasteiger charge is 2.66. The van der Waals surface area contributed by atoms with Crippen molar-refractivity contribution in [3.8, 4) is 0 Å². The lowest BCUT2D eigenvalue weighted by Crippen LogP contribution is -2.48. The van der Waals surface area contributed by atoms with E-state index in [1.54, 1.807) is 25.5 Å². The van der Waals surface area contributed by atoms with Crippen LogP contribution in [0.4, 0.5) is 17.6 Å². The Morgan fingerprint density at radius 1 is 0.829 bits per heavy atom. The maximum atomic E-state index is 13.0. The van der Waals surface area contributed by atoms with E-state index in [1.165, 1.54) is 0 Å². The summed E-state index contributed by atoms with van der Waals surface area (Å²) in [5.41, 5.74) is 1.18. The molecule has 240 valence electrons. The second-order valence-corrected chi connectivity index (χ2v) is 15.5. The number of hydrogen-bond acceptors (Lipinski definition) is 9. The SMILES string of the molecule is CC(C)(C)OC(=O)C[C@]1(C(=O)NS(=O)(=O)C2CC2)C[C@H]1C(F)F.Cl.Cl.N[C@]1(C(=O)NS(=O)(=O)C2CC2)C[C@H]1C(F)F. The maximum absolute atomic E-state index is 13.0. The van der Waals surface area contributed by atoms with Crippen molar-refractivity contribution in [2.75, 3.05) is 0 Å². The maximum Gasteiger partial charge on any atom is 0.307 e. The third kappa shape index (κ3) is 9.28. The molecule has 0 aromatic heterocycles. The van der Waals surface area contributed by atoms with Crippen molar-refractivity contribution in [1.29, 1.82) is 0 Å². The number of alkyl halides is 4. The normalized spacial score (nSPS) is 28.7. The Hall–Kier alpha value is -1.43. The minimum absolute atomic E-state index is 0. The van der Waals surface area contributed by atoms with Gasteiger partial charge in [0.05, 0.1) is 22.3 Å². The Bertz CT molecular complexity index is 1230. The van der Waals surface area contributed by atoms with Gasteiger partial charge in [-0.25, -0.2) is 34.4 Å². The summed E-state index contributed by atoms with van der Waals surface area (Å²) >= 11 is 0. The molecule has 0 unspecified atom stereocenters. The van der Waals surface area contributed by atoms with E-state index in [-0.39, 0.29) is 37.7 Å². The second-order valence-electron chi connectivity index (χ2n) is 11.6. The van der Waals surface area contributed by atoms with E-state index in [0.717, 1.165) is 0 Å². The van der Waals surface area contributed by atoms with Crippen LogP contribution in [0.25, 0.3) is 0 Å². The molecule has 0 heterocycles. The summed E-state index contributed by atoms with van der Waals surface area (Å²) < 4.78 is 106. The van der Waals surface area contributed by atoms with E-state index < -0.39 is 96.0 Å². The number of rotatable bonds is 10. The van der Waals surface area contributed by atoms with Crippen LogP contribution in [0, 0.1) is 17.3 Å². The molecule has 0 saturated heterocycles. The molecule has 0 aliphatic heterocycles. The molecule has 41 heavy (non-hydrogen) atoms. The summed E-state index contributed by atoms with van der Waals surface area (Å²) in [6, 6.07) is 0. The molecule has 2 amide bonds. The van der Waals surface area contributed by atoms with Crippen LogP contribution < -0.4 is 15.2 Å². The molecule has 4 aliphatic carbocycles. The predicted octanol–water partition coefficient (Wildman–Crippen LogP) is 2.02. The van der Waals surface area contributed by atoms with Crippen molar-refractivity contribution < 1.29 is 53.5 Å². The predicted molar refractivity (Wildman–Crippen MR) is 143 cm³/mol. The summed E-state index contributed by atoms with van der Waals surface area (Å²) in [6.07, 6.45) is -4.56. The zero-order chi connectivity index (χ0) is 29.8. The van der Waals surface area contributed by atoms with E-state index in [1.807, 2.05) is 4.72 Å². The highest BCUT2D eigenvalue weighted by Crippen LogP contribution is 2.58. The van der Waals surface area contributed by atoms with Crippen molar-refractivity contribution in [2.24, 2.45) is 23.0 Å². The largest absolute Gasteiger partial charge is 0.460 e. The van der Waals surface area contributed by atoms with Crippen molar-refractivity contribution >= 4 is 62.6 Å². The zero-order valence-corrected chi connectivity index (χ0v) is 25.7. The van der Waals surface area contributed by atoms with Crippen molar-refractivity contribution in [3.05, 3.63) is 0 Å². The Morgan fingerprint density at radius 3 is 1.56 bits per heavy atom. The molecule has 0 aromatic rings. The molecule has 0 aromatic carbocycles. The van der Waals surface area contributed by atoms with Gasteiger partial charge >= 0.3 is 5.97 Å². The fraction of sp³-hybridized carbons (Fsp3) is 0.864. The molecular formula is C22H35Cl2F4N3O8S2. The van der Waals surface area contributed by atoms with Gasteiger partial charge in [-0.2, -0.15) is 0 Å². The molecule has 4 N–H and O–H groups in total. The van der Waals surface area contributed by atoms with Crippen molar-refractivity contribution in [1.82, 2.24) is 9.44 Å². The Morgan fingerprint density at radius 2 is 1.24 bits per heavy atom. The van der Waals surface area contributed by atoms with Crippen LogP contribution in [0.15, 0.2) is 0 Å². The van der Waals surface area contributed by atoms with Crippen LogP contribution in [-0.4, -0.2) is 69.1 Å². The summed E-state index contributed by atoms with van der Waals surface area (Å²) in [4.78, 5) is 35.6. The van der Waals surface area contributed by atoms with Gasteiger partial charge in [0.25, 0.3) is 5.91 Å². The van der Waals surface area contributed by atoms with E-state index in [0.29, 0.717) is 25.7 Å². The molecule has 4 atom stereocenters. The minimum atomic E-state index is -3.85. The number of halogens is 6. The smallest absolute Gasteiger partial charge is 0.307 e. The Kier molecular flexibility index (Phi) is 11.6. The fourth-order valence-electron chi connectivity index (χ4n) is 4.10. The number of nitrogens with two attached hydrogens (primary N) is 1. The Balaban J connectivity index is 0.000000413. The lowest BCUT2D eigenvalue weighted by molar-refractivity contribution is -0.158. The third-order valence-electron chi connectivity index (χ3n) is 6.95. The van der Waals surface area contributed by atoms with Crippen LogP contribution >= 0.6 is 24.8 Å². The average Bonchev–Trinajstić information content (AvgIpc) is 3.59. The van der Waals surface area contributed by atoms with Gasteiger partial charge in [0.2, 0.25) is 38.8 Å². The van der Waals surface area contributed by atoms with Gasteiger partial charge < -0.3 is 10.5 Å². The number of hydrogen-bond donors (Lipinski definition) is 3. The number of carbonyl (C=O) groups is 3. The third-order valence-corrected chi connectivity index (χ3v) is 10.6. The van der Waals surface area contributed by atoms with Gasteiger partial charge in [-0.3, -0.25) is 23.8 Å². The van der Waals surface area contributed by atoms with Gasteiger partial charge in [0.15, 0.2) is 0 Å². The molecule has 4 rings (SSSR count). The monoisotopic (exact) mass is 679 g/mol. The molecule has 0 spiro atoms. The van der Waals surface area contributed by atoms with Crippen molar-refractivity contribution in [2.45, 2.75) is 100 Å². The fourth-order valence-corrected chi connectivity index (χ4v) is 6.86. The molecule has 19 heteroatoms. The Labute approximate surface area is 248 Å². The van der Waals surface area contributed by atoms with Gasteiger partial charge in [-0.15, -0.1) is 24.8 Å². The second kappa shape index (κ2) is 12.7. The van der Waals surface area contributed by atoms with Gasteiger partial charge in [0, 0.05) is 11.8 Å². The van der Waals surface area contributed by atoms with Crippen LogP contribution in [-0.2, 0) is 39.2 Å². The molecular weight excluding hydrogens is 645 g/mol. The van der Waals surface area contributed by atoms with Gasteiger partial charge in [-0.05, 0) is 59.3 Å². The van der Waals surface area contributed by atoms with Gasteiger partial charge in [0.1, 0.15) is 11.1 Å². The highest BCUT2D eigenvalue weighted by molar-refractivity contribution is 7.91. The standard InChI is InChI=1S/C14H21F2NO5S.C8H12F2N2O3S.2ClH/c1-13(2,3)22-10(18)7-14(6-9(14)11(15)16)12(19)17-23(20,21)8-4-5-8;9-6(10)5-3-8(5,11)7(13)12-16(14,15)4-1-2-4;;/h8-9,11H,4-7H2,1-3H3,(H,17,19);4-6H,1-3,11H2,(H,12,13);2*1H/t9-,14+;5-,8+;;/m00../s1. The molecule has 4 aliphatic rings. The van der Waals surface area contributed by atoms with Crippen molar-refractivity contribution in [3.63, 3.8) is 0 Å². The first-order chi connectivity index (χ1) is 17.6. The minimum Gasteiger partial charge on any atom is -0.460 e. The number of ether oxygens (including phenoxy) is 1. The van der Waals surface area contributed by atoms with E-state index in [4.69, 9.17) is 10.5 Å². The van der Waals surface area contributed by atoms with Crippen LogP contribution in [0.5, 0.6) is 0 Å². The van der Waals surface area contributed by atoms with E-state index in [2.05, 4.69) is 0 Å². The van der Waals surface area contributed by atoms with Gasteiger partial charge in [-0.1, -0.05) is 0 Å². The number of amides is 2. The lowest BCUT2D eigenvalue weighted by Gasteiger charge is -2.22. The number of nitrogens with one attached hydrogen (secondary N) is 2.